The van der Waals surface area contributed by atoms with E-state index in [1.807, 2.05) is 44.2 Å². The Balaban J connectivity index is 2.54. The summed E-state index contributed by atoms with van der Waals surface area (Å²) < 4.78 is 5.24. The van der Waals surface area contributed by atoms with Crippen LogP contribution >= 0.6 is 0 Å². The molecule has 0 saturated carbocycles. The van der Waals surface area contributed by atoms with Crippen LogP contribution in [0.1, 0.15) is 32.8 Å². The highest BCUT2D eigenvalue weighted by atomic mass is 16.5. The number of ether oxygens (including phenoxy) is 1. The number of amides is 1. The molecule has 0 bridgehead atoms. The van der Waals surface area contributed by atoms with Crippen molar-refractivity contribution in [3.63, 3.8) is 0 Å². The predicted molar refractivity (Wildman–Crippen MR) is 73.3 cm³/mol. The molecule has 1 aromatic rings. The Labute approximate surface area is 114 Å². The zero-order valence-corrected chi connectivity index (χ0v) is 11.7. The lowest BCUT2D eigenvalue weighted by Crippen LogP contribution is -2.41. The second-order valence-electron chi connectivity index (χ2n) is 4.98. The molecule has 1 rings (SSSR count). The van der Waals surface area contributed by atoms with Gasteiger partial charge in [0.05, 0.1) is 0 Å². The molecule has 0 heterocycles. The van der Waals surface area contributed by atoms with E-state index in [0.29, 0.717) is 12.3 Å². The largest absolute Gasteiger partial charge is 0.459 e. The van der Waals surface area contributed by atoms with Crippen LogP contribution < -0.4 is 5.32 Å². The Morgan fingerprint density at radius 1 is 1.21 bits per heavy atom. The Hall–Kier alpha value is -1.84. The fraction of sp³-hybridized carbons (Fsp3) is 0.467. The number of hydrogen-bond donors (Lipinski definition) is 1. The van der Waals surface area contributed by atoms with E-state index in [1.54, 1.807) is 0 Å². The minimum atomic E-state index is -0.568. The lowest BCUT2D eigenvalue weighted by Gasteiger charge is -2.18. The van der Waals surface area contributed by atoms with Gasteiger partial charge >= 0.3 is 5.97 Å². The molecule has 0 aliphatic heterocycles. The highest BCUT2D eigenvalue weighted by molar-refractivity contribution is 5.83. The second-order valence-corrected chi connectivity index (χ2v) is 4.98. The first-order valence-corrected chi connectivity index (χ1v) is 6.46. The zero-order chi connectivity index (χ0) is 14.3. The summed E-state index contributed by atoms with van der Waals surface area (Å²) in [6, 6.07) is 8.91. The van der Waals surface area contributed by atoms with Crippen molar-refractivity contribution in [3.05, 3.63) is 35.9 Å². The SMILES string of the molecule is CC(=O)N[C@@H](CC(C)C)C(=O)OCc1ccccc1. The number of rotatable bonds is 6. The van der Waals surface area contributed by atoms with Crippen LogP contribution in [0.2, 0.25) is 0 Å². The fourth-order valence-electron chi connectivity index (χ4n) is 1.76. The molecule has 4 nitrogen and oxygen atoms in total. The molecule has 0 aromatic heterocycles. The van der Waals surface area contributed by atoms with Gasteiger partial charge in [0.1, 0.15) is 12.6 Å². The molecule has 0 fully saturated rings. The van der Waals surface area contributed by atoms with E-state index in [0.717, 1.165) is 5.56 Å². The van der Waals surface area contributed by atoms with Crippen molar-refractivity contribution in [2.24, 2.45) is 5.92 Å². The lowest BCUT2D eigenvalue weighted by molar-refractivity contribution is -0.149. The van der Waals surface area contributed by atoms with Gasteiger partial charge in [-0.25, -0.2) is 4.79 Å². The average Bonchev–Trinajstić information content (AvgIpc) is 2.35. The average molecular weight is 263 g/mol. The molecule has 0 radical (unpaired) electrons. The standard InChI is InChI=1S/C15H21NO3/c1-11(2)9-14(16-12(3)17)15(18)19-10-13-7-5-4-6-8-13/h4-8,11,14H,9-10H2,1-3H3,(H,16,17)/t14-/m0/s1. The Kier molecular flexibility index (Phi) is 6.06. The minimum Gasteiger partial charge on any atom is -0.459 e. The molecule has 4 heteroatoms. The molecule has 1 aromatic carbocycles. The van der Waals surface area contributed by atoms with Gasteiger partial charge in [-0.2, -0.15) is 0 Å². The number of carbonyl (C=O) groups is 2. The third kappa shape index (κ3) is 6.04. The van der Waals surface area contributed by atoms with Crippen LogP contribution in [0.25, 0.3) is 0 Å². The molecule has 0 saturated heterocycles. The van der Waals surface area contributed by atoms with Gasteiger partial charge < -0.3 is 10.1 Å². The summed E-state index contributed by atoms with van der Waals surface area (Å²) >= 11 is 0. The van der Waals surface area contributed by atoms with Crippen molar-refractivity contribution < 1.29 is 14.3 Å². The molecule has 104 valence electrons. The van der Waals surface area contributed by atoms with Crippen LogP contribution in [0.3, 0.4) is 0 Å². The molecule has 1 N–H and O–H groups in total. The Morgan fingerprint density at radius 3 is 2.37 bits per heavy atom. The van der Waals surface area contributed by atoms with E-state index >= 15 is 0 Å². The maximum Gasteiger partial charge on any atom is 0.328 e. The van der Waals surface area contributed by atoms with Gasteiger partial charge in [0.15, 0.2) is 0 Å². The summed E-state index contributed by atoms with van der Waals surface area (Å²) in [5.41, 5.74) is 0.932. The summed E-state index contributed by atoms with van der Waals surface area (Å²) in [5.74, 6) is -0.295. The number of esters is 1. The van der Waals surface area contributed by atoms with Gasteiger partial charge in [0.2, 0.25) is 5.91 Å². The van der Waals surface area contributed by atoms with Crippen LogP contribution in [-0.2, 0) is 20.9 Å². The van der Waals surface area contributed by atoms with Crippen molar-refractivity contribution in [3.8, 4) is 0 Å². The number of carbonyl (C=O) groups excluding carboxylic acids is 2. The summed E-state index contributed by atoms with van der Waals surface area (Å²) in [6.45, 7) is 5.63. The van der Waals surface area contributed by atoms with Gasteiger partial charge in [-0.3, -0.25) is 4.79 Å². The number of hydrogen-bond acceptors (Lipinski definition) is 3. The number of nitrogens with one attached hydrogen (secondary N) is 1. The van der Waals surface area contributed by atoms with Crippen molar-refractivity contribution >= 4 is 11.9 Å². The third-order valence-corrected chi connectivity index (χ3v) is 2.59. The van der Waals surface area contributed by atoms with Crippen molar-refractivity contribution in [2.75, 3.05) is 0 Å². The monoisotopic (exact) mass is 263 g/mol. The molecule has 1 atom stereocenters. The molecular formula is C15H21NO3. The summed E-state index contributed by atoms with van der Waals surface area (Å²) in [4.78, 5) is 23.0. The zero-order valence-electron chi connectivity index (χ0n) is 11.7. The van der Waals surface area contributed by atoms with E-state index < -0.39 is 6.04 Å². The first kappa shape index (κ1) is 15.2. The Bertz CT molecular complexity index is 415. The maximum absolute atomic E-state index is 12.0. The normalized spacial score (nSPS) is 12.0. The van der Waals surface area contributed by atoms with Crippen LogP contribution in [0.4, 0.5) is 0 Å². The minimum absolute atomic E-state index is 0.220. The van der Waals surface area contributed by atoms with Gasteiger partial charge in [-0.15, -0.1) is 0 Å². The van der Waals surface area contributed by atoms with E-state index in [9.17, 15) is 9.59 Å². The van der Waals surface area contributed by atoms with E-state index in [-0.39, 0.29) is 18.5 Å². The van der Waals surface area contributed by atoms with E-state index in [1.165, 1.54) is 6.92 Å². The molecule has 0 aliphatic rings. The predicted octanol–water partition coefficient (Wildman–Crippen LogP) is 2.28. The maximum atomic E-state index is 12.0. The van der Waals surface area contributed by atoms with Crippen LogP contribution in [0.15, 0.2) is 30.3 Å². The van der Waals surface area contributed by atoms with Gasteiger partial charge in [0.25, 0.3) is 0 Å². The van der Waals surface area contributed by atoms with Crippen molar-refractivity contribution in [1.29, 1.82) is 0 Å². The van der Waals surface area contributed by atoms with E-state index in [2.05, 4.69) is 5.32 Å². The van der Waals surface area contributed by atoms with Crippen LogP contribution in [0.5, 0.6) is 0 Å². The first-order valence-electron chi connectivity index (χ1n) is 6.46. The van der Waals surface area contributed by atoms with Gasteiger partial charge in [-0.05, 0) is 17.9 Å². The molecule has 0 aliphatic carbocycles. The lowest BCUT2D eigenvalue weighted by atomic mass is 10.0. The third-order valence-electron chi connectivity index (χ3n) is 2.59. The van der Waals surface area contributed by atoms with E-state index in [4.69, 9.17) is 4.74 Å². The molecular weight excluding hydrogens is 242 g/mol. The van der Waals surface area contributed by atoms with Crippen molar-refractivity contribution in [1.82, 2.24) is 5.32 Å². The first-order chi connectivity index (χ1) is 8.99. The smallest absolute Gasteiger partial charge is 0.328 e. The molecule has 1 amide bonds. The highest BCUT2D eigenvalue weighted by Gasteiger charge is 2.22. The van der Waals surface area contributed by atoms with Crippen LogP contribution in [-0.4, -0.2) is 17.9 Å². The molecule has 19 heavy (non-hydrogen) atoms. The van der Waals surface area contributed by atoms with Crippen molar-refractivity contribution in [2.45, 2.75) is 39.8 Å². The summed E-state index contributed by atoms with van der Waals surface area (Å²) in [6.07, 6.45) is 0.577. The molecule has 0 spiro atoms. The fourth-order valence-corrected chi connectivity index (χ4v) is 1.76. The second kappa shape index (κ2) is 7.56. The summed E-state index contributed by atoms with van der Waals surface area (Å²) in [5, 5.41) is 2.63. The topological polar surface area (TPSA) is 55.4 Å². The quantitative estimate of drug-likeness (QED) is 0.801. The summed E-state index contributed by atoms with van der Waals surface area (Å²) in [7, 11) is 0. The molecule has 0 unspecified atom stereocenters. The number of benzene rings is 1. The van der Waals surface area contributed by atoms with Gasteiger partial charge in [0, 0.05) is 6.92 Å². The van der Waals surface area contributed by atoms with Gasteiger partial charge in [-0.1, -0.05) is 44.2 Å². The Morgan fingerprint density at radius 2 is 1.84 bits per heavy atom. The van der Waals surface area contributed by atoms with Crippen LogP contribution in [0, 0.1) is 5.92 Å². The highest BCUT2D eigenvalue weighted by Crippen LogP contribution is 2.08.